The largest absolute Gasteiger partial charge is 0.404 e. The van der Waals surface area contributed by atoms with Crippen LogP contribution in [0.3, 0.4) is 0 Å². The highest BCUT2D eigenvalue weighted by Crippen LogP contribution is 2.66. The summed E-state index contributed by atoms with van der Waals surface area (Å²) in [7, 11) is -4.78. The number of nitrogens with two attached hydrogens (primary N) is 1. The number of para-hydroxylation sites is 1. The lowest BCUT2D eigenvalue weighted by atomic mass is 10.0. The average Bonchev–Trinajstić information content (AvgIpc) is 3.36. The van der Waals surface area contributed by atoms with Crippen molar-refractivity contribution in [2.45, 2.75) is 83.6 Å². The maximum absolute atomic E-state index is 15.1. The number of nitrogens with one attached hydrogen (secondary N) is 2. The maximum atomic E-state index is 15.1. The molecule has 3 unspecified atom stereocenters. The fourth-order valence-corrected chi connectivity index (χ4v) is 7.41. The number of aryl methyl sites for hydroxylation is 1. The van der Waals surface area contributed by atoms with Crippen LogP contribution in [0.1, 0.15) is 69.2 Å². The van der Waals surface area contributed by atoms with Crippen LogP contribution in [0.5, 0.6) is 0 Å². The molecule has 14 heteroatoms. The average molecular weight is 675 g/mol. The van der Waals surface area contributed by atoms with Crippen LogP contribution in [0, 0.1) is 0 Å². The predicted molar refractivity (Wildman–Crippen MR) is 173 cm³/mol. The Bertz CT molecular complexity index is 1590. The van der Waals surface area contributed by atoms with Crippen molar-refractivity contribution in [3.63, 3.8) is 0 Å². The minimum Gasteiger partial charge on any atom is -0.370 e. The summed E-state index contributed by atoms with van der Waals surface area (Å²) in [6.07, 6.45) is 2.84. The molecule has 2 aromatic rings. The summed E-state index contributed by atoms with van der Waals surface area (Å²) in [5.41, 5.74) is 4.11. The van der Waals surface area contributed by atoms with Gasteiger partial charge in [-0.1, -0.05) is 42.5 Å². The molecular formula is C33H41F2N4O7P. The van der Waals surface area contributed by atoms with E-state index in [4.69, 9.17) is 14.8 Å². The number of benzene rings is 2. The number of nitrogens with zero attached hydrogens (tertiary/aromatic N) is 1. The third-order valence-corrected chi connectivity index (χ3v) is 10.4. The summed E-state index contributed by atoms with van der Waals surface area (Å²) in [5, 5.41) is 5.65. The molecule has 0 bridgehead atoms. The molecule has 3 atom stereocenters. The molecular weight excluding hydrogens is 633 g/mol. The predicted octanol–water partition coefficient (Wildman–Crippen LogP) is 4.56. The second kappa shape index (κ2) is 14.9. The summed E-state index contributed by atoms with van der Waals surface area (Å²) < 4.78 is 52.8. The highest BCUT2D eigenvalue weighted by Gasteiger charge is 2.54. The molecule has 0 saturated carbocycles. The summed E-state index contributed by atoms with van der Waals surface area (Å²) in [6.45, 7) is 5.83. The molecule has 4 amide bonds. The Labute approximate surface area is 272 Å². The van der Waals surface area contributed by atoms with Crippen LogP contribution in [0.4, 0.5) is 14.5 Å². The van der Waals surface area contributed by atoms with Crippen molar-refractivity contribution in [3.8, 4) is 0 Å². The van der Waals surface area contributed by atoms with Gasteiger partial charge in [-0.2, -0.15) is 8.78 Å². The Balaban J connectivity index is 1.49. The van der Waals surface area contributed by atoms with Gasteiger partial charge in [-0.05, 0) is 69.2 Å². The lowest BCUT2D eigenvalue weighted by Crippen LogP contribution is -2.55. The molecule has 0 spiro atoms. The number of hydrogen-bond donors (Lipinski definition) is 3. The van der Waals surface area contributed by atoms with Gasteiger partial charge in [0, 0.05) is 30.5 Å². The van der Waals surface area contributed by atoms with Gasteiger partial charge in [0.2, 0.25) is 23.6 Å². The zero-order valence-corrected chi connectivity index (χ0v) is 27.8. The van der Waals surface area contributed by atoms with E-state index >= 15 is 8.78 Å². The topological polar surface area (TPSA) is 157 Å². The zero-order valence-electron chi connectivity index (χ0n) is 26.9. The number of rotatable bonds is 14. The Kier molecular flexibility index (Phi) is 11.4. The molecule has 2 aromatic carbocycles. The van der Waals surface area contributed by atoms with Crippen LogP contribution in [-0.4, -0.2) is 55.0 Å². The van der Waals surface area contributed by atoms with E-state index in [1.165, 1.54) is 37.0 Å². The molecule has 0 saturated heterocycles. The van der Waals surface area contributed by atoms with E-state index in [0.717, 1.165) is 23.3 Å². The van der Waals surface area contributed by atoms with Gasteiger partial charge in [0.25, 0.3) is 0 Å². The van der Waals surface area contributed by atoms with E-state index < -0.39 is 48.6 Å². The van der Waals surface area contributed by atoms with E-state index in [2.05, 4.69) is 10.6 Å². The van der Waals surface area contributed by atoms with E-state index in [1.54, 1.807) is 13.8 Å². The number of primary amides is 1. The van der Waals surface area contributed by atoms with Gasteiger partial charge in [-0.25, -0.2) is 0 Å². The van der Waals surface area contributed by atoms with Crippen molar-refractivity contribution in [1.82, 2.24) is 10.6 Å². The first-order valence-electron chi connectivity index (χ1n) is 15.6. The van der Waals surface area contributed by atoms with E-state index in [-0.39, 0.29) is 31.6 Å². The number of halogens is 2. The zero-order chi connectivity index (χ0) is 34.5. The summed E-state index contributed by atoms with van der Waals surface area (Å²) in [5.74, 6) is -1.83. The number of anilines is 1. The highest BCUT2D eigenvalue weighted by molar-refractivity contribution is 7.54. The second-order valence-electron chi connectivity index (χ2n) is 11.6. The van der Waals surface area contributed by atoms with Crippen molar-refractivity contribution in [3.05, 3.63) is 70.8 Å². The first-order chi connectivity index (χ1) is 22.2. The number of hydrogen-bond acceptors (Lipinski definition) is 7. The summed E-state index contributed by atoms with van der Waals surface area (Å²) in [6, 6.07) is 8.50. The first kappa shape index (κ1) is 35.9. The fraction of sp³-hybridized carbons (Fsp3) is 0.455. The molecule has 47 heavy (non-hydrogen) atoms. The maximum Gasteiger partial charge on any atom is 0.404 e. The van der Waals surface area contributed by atoms with Crippen LogP contribution in [-0.2, 0) is 51.3 Å². The minimum absolute atomic E-state index is 0.112. The molecule has 4 rings (SSSR count). The summed E-state index contributed by atoms with van der Waals surface area (Å²) in [4.78, 5) is 53.1. The van der Waals surface area contributed by atoms with Gasteiger partial charge in [0.1, 0.15) is 12.1 Å². The second-order valence-corrected chi connectivity index (χ2v) is 13.7. The quantitative estimate of drug-likeness (QED) is 0.196. The van der Waals surface area contributed by atoms with Crippen molar-refractivity contribution < 1.29 is 41.6 Å². The van der Waals surface area contributed by atoms with Crippen molar-refractivity contribution in [1.29, 1.82) is 0 Å². The van der Waals surface area contributed by atoms with Gasteiger partial charge >= 0.3 is 13.3 Å². The molecule has 0 aromatic heterocycles. The number of amides is 4. The number of allylic oxidation sites excluding steroid dienone is 1. The highest BCUT2D eigenvalue weighted by atomic mass is 31.2. The van der Waals surface area contributed by atoms with Gasteiger partial charge in [-0.3, -0.25) is 28.6 Å². The molecule has 11 nitrogen and oxygen atoms in total. The van der Waals surface area contributed by atoms with Gasteiger partial charge in [0.15, 0.2) is 0 Å². The Morgan fingerprint density at radius 3 is 2.36 bits per heavy atom. The van der Waals surface area contributed by atoms with Crippen LogP contribution in [0.15, 0.2) is 48.5 Å². The van der Waals surface area contributed by atoms with E-state index in [0.29, 0.717) is 42.5 Å². The van der Waals surface area contributed by atoms with Crippen LogP contribution < -0.4 is 21.3 Å². The fourth-order valence-electron chi connectivity index (χ4n) is 5.87. The third-order valence-electron chi connectivity index (χ3n) is 8.22. The SMILES string of the molecule is CCOP(=O)(OCC)C(F)(F)c1ccc(/C(C)=C/C(=O)NC2CCc3cccc4c3N(C2=O)C(C(=O)NC(C)CCC(N)=O)C4)cc1. The molecule has 2 aliphatic heterocycles. The van der Waals surface area contributed by atoms with Crippen molar-refractivity contribution in [2.75, 3.05) is 18.1 Å². The molecule has 4 N–H and O–H groups in total. The summed E-state index contributed by atoms with van der Waals surface area (Å²) >= 11 is 0. The molecule has 0 fully saturated rings. The van der Waals surface area contributed by atoms with Crippen LogP contribution >= 0.6 is 7.60 Å². The third kappa shape index (κ3) is 7.80. The molecule has 0 aliphatic carbocycles. The van der Waals surface area contributed by atoms with Crippen molar-refractivity contribution >= 4 is 42.5 Å². The van der Waals surface area contributed by atoms with Gasteiger partial charge in [0.05, 0.1) is 18.9 Å². The molecule has 254 valence electrons. The number of carbonyl (C=O) groups excluding carboxylic acids is 4. The molecule has 0 radical (unpaired) electrons. The Hall–Kier alpha value is -3.93. The normalized spacial score (nSPS) is 18.7. The Morgan fingerprint density at radius 1 is 1.11 bits per heavy atom. The number of alkyl halides is 2. The van der Waals surface area contributed by atoms with Gasteiger partial charge < -0.3 is 25.4 Å². The lowest BCUT2D eigenvalue weighted by molar-refractivity contribution is -0.128. The minimum atomic E-state index is -4.78. The van der Waals surface area contributed by atoms with Crippen molar-refractivity contribution in [2.24, 2.45) is 5.73 Å². The van der Waals surface area contributed by atoms with Crippen LogP contribution in [0.25, 0.3) is 5.57 Å². The van der Waals surface area contributed by atoms with Gasteiger partial charge in [-0.15, -0.1) is 0 Å². The smallest absolute Gasteiger partial charge is 0.370 e. The lowest BCUT2D eigenvalue weighted by Gasteiger charge is -2.28. The Morgan fingerprint density at radius 2 is 1.74 bits per heavy atom. The monoisotopic (exact) mass is 674 g/mol. The van der Waals surface area contributed by atoms with E-state index in [9.17, 15) is 23.7 Å². The standard InChI is InChI=1S/C33H41F2N4O7P/c1-5-45-47(44,46-6-2)33(34,35)25-14-11-22(12-15-25)20(3)18-29(41)38-26-16-13-23-8-7-9-24-19-27(39(30(23)24)32(26)43)31(42)37-21(4)10-17-28(36)40/h7-9,11-12,14-15,18,21,26-27H,5-6,10,13,16-17,19H2,1-4H3,(H2,36,40)(H,37,42)(H,38,41)/b20-18+. The van der Waals surface area contributed by atoms with Crippen LogP contribution in [0.2, 0.25) is 0 Å². The number of carbonyl (C=O) groups is 4. The first-order valence-corrected chi connectivity index (χ1v) is 17.2. The molecule has 2 aliphatic rings. The van der Waals surface area contributed by atoms with E-state index in [1.807, 2.05) is 18.2 Å². The molecule has 2 heterocycles.